The SMILES string of the molecule is CC(=O)N1CCc2ccccc2C1CC(=O)NC(CN1CCN(C)CC1)c1ccccc1. The molecular weight excluding hydrogens is 400 g/mol. The molecule has 0 spiro atoms. The number of likely N-dealkylation sites (N-methyl/N-ethyl adjacent to an activating group) is 1. The summed E-state index contributed by atoms with van der Waals surface area (Å²) in [4.78, 5) is 32.2. The molecule has 0 bridgehead atoms. The van der Waals surface area contributed by atoms with E-state index >= 15 is 0 Å². The number of hydrogen-bond acceptors (Lipinski definition) is 4. The van der Waals surface area contributed by atoms with Gasteiger partial charge in [-0.1, -0.05) is 54.6 Å². The third-order valence-electron chi connectivity index (χ3n) is 6.77. The molecule has 0 aliphatic carbocycles. The minimum Gasteiger partial charge on any atom is -0.348 e. The molecular formula is C26H34N4O2. The van der Waals surface area contributed by atoms with Crippen molar-refractivity contribution in [1.29, 1.82) is 0 Å². The predicted molar refractivity (Wildman–Crippen MR) is 126 cm³/mol. The van der Waals surface area contributed by atoms with Crippen LogP contribution in [0.3, 0.4) is 0 Å². The topological polar surface area (TPSA) is 55.9 Å². The quantitative estimate of drug-likeness (QED) is 0.760. The standard InChI is InChI=1S/C26H34N4O2/c1-20(31)30-13-12-21-8-6-7-11-23(21)25(30)18-26(32)27-24(22-9-4-3-5-10-22)19-29-16-14-28(2)15-17-29/h3-11,24-25H,12-19H2,1-2H3,(H,27,32). The third kappa shape index (κ3) is 5.37. The van der Waals surface area contributed by atoms with Crippen LogP contribution in [0.1, 0.15) is 42.1 Å². The van der Waals surface area contributed by atoms with Crippen LogP contribution in [0.15, 0.2) is 54.6 Å². The second-order valence-corrected chi connectivity index (χ2v) is 9.02. The zero-order chi connectivity index (χ0) is 22.5. The molecule has 2 amide bonds. The van der Waals surface area contributed by atoms with Gasteiger partial charge in [-0.05, 0) is 30.2 Å². The van der Waals surface area contributed by atoms with Crippen molar-refractivity contribution in [2.24, 2.45) is 0 Å². The van der Waals surface area contributed by atoms with Crippen molar-refractivity contribution in [2.75, 3.05) is 46.3 Å². The molecule has 170 valence electrons. The fourth-order valence-electron chi connectivity index (χ4n) is 4.89. The number of hydrogen-bond donors (Lipinski definition) is 1. The van der Waals surface area contributed by atoms with Gasteiger partial charge in [0.1, 0.15) is 0 Å². The number of rotatable bonds is 6. The summed E-state index contributed by atoms with van der Waals surface area (Å²) in [5.74, 6) is 0.00952. The van der Waals surface area contributed by atoms with Crippen molar-refractivity contribution < 1.29 is 9.59 Å². The zero-order valence-corrected chi connectivity index (χ0v) is 19.2. The van der Waals surface area contributed by atoms with E-state index in [0.717, 1.165) is 50.3 Å². The monoisotopic (exact) mass is 434 g/mol. The van der Waals surface area contributed by atoms with Gasteiger partial charge in [0, 0.05) is 46.2 Å². The second kappa shape index (κ2) is 10.3. The Morgan fingerprint density at radius 3 is 2.38 bits per heavy atom. The molecule has 1 fully saturated rings. The summed E-state index contributed by atoms with van der Waals surface area (Å²) in [6.07, 6.45) is 1.12. The van der Waals surface area contributed by atoms with Gasteiger partial charge in [0.25, 0.3) is 0 Å². The molecule has 2 heterocycles. The van der Waals surface area contributed by atoms with Crippen LogP contribution in [0, 0.1) is 0 Å². The Hall–Kier alpha value is -2.70. The number of nitrogens with zero attached hydrogens (tertiary/aromatic N) is 3. The van der Waals surface area contributed by atoms with Crippen LogP contribution in [0.25, 0.3) is 0 Å². The molecule has 2 aliphatic rings. The van der Waals surface area contributed by atoms with E-state index < -0.39 is 0 Å². The highest BCUT2D eigenvalue weighted by atomic mass is 16.2. The van der Waals surface area contributed by atoms with E-state index in [1.807, 2.05) is 35.2 Å². The van der Waals surface area contributed by atoms with Crippen molar-refractivity contribution in [1.82, 2.24) is 20.0 Å². The second-order valence-electron chi connectivity index (χ2n) is 9.02. The molecule has 1 N–H and O–H groups in total. The van der Waals surface area contributed by atoms with Gasteiger partial charge in [-0.15, -0.1) is 0 Å². The van der Waals surface area contributed by atoms with E-state index in [2.05, 4.69) is 46.4 Å². The minimum absolute atomic E-state index is 0.0130. The number of carbonyl (C=O) groups excluding carboxylic acids is 2. The van der Waals surface area contributed by atoms with E-state index in [0.29, 0.717) is 6.54 Å². The lowest BCUT2D eigenvalue weighted by Gasteiger charge is -2.37. The lowest BCUT2D eigenvalue weighted by atomic mass is 9.90. The first-order valence-electron chi connectivity index (χ1n) is 11.6. The summed E-state index contributed by atoms with van der Waals surface area (Å²) in [6, 6.07) is 18.1. The summed E-state index contributed by atoms with van der Waals surface area (Å²) in [5.41, 5.74) is 3.45. The van der Waals surface area contributed by atoms with Gasteiger partial charge >= 0.3 is 0 Å². The molecule has 2 unspecified atom stereocenters. The Morgan fingerprint density at radius 2 is 1.66 bits per heavy atom. The predicted octanol–water partition coefficient (Wildman–Crippen LogP) is 2.63. The van der Waals surface area contributed by atoms with Crippen molar-refractivity contribution in [3.05, 3.63) is 71.3 Å². The lowest BCUT2D eigenvalue weighted by Crippen LogP contribution is -2.48. The van der Waals surface area contributed by atoms with Crippen molar-refractivity contribution >= 4 is 11.8 Å². The fraction of sp³-hybridized carbons (Fsp3) is 0.462. The van der Waals surface area contributed by atoms with E-state index in [1.54, 1.807) is 6.92 Å². The van der Waals surface area contributed by atoms with E-state index in [4.69, 9.17) is 0 Å². The molecule has 2 aliphatic heterocycles. The van der Waals surface area contributed by atoms with Crippen LogP contribution in [0.4, 0.5) is 0 Å². The van der Waals surface area contributed by atoms with E-state index in [1.165, 1.54) is 5.56 Å². The molecule has 0 saturated carbocycles. The molecule has 2 atom stereocenters. The summed E-state index contributed by atoms with van der Waals surface area (Å²) >= 11 is 0. The van der Waals surface area contributed by atoms with Crippen LogP contribution in [0.2, 0.25) is 0 Å². The number of fused-ring (bicyclic) bond motifs is 1. The summed E-state index contributed by atoms with van der Waals surface area (Å²) in [5, 5.41) is 3.30. The normalized spacial score (nSPS) is 20.4. The van der Waals surface area contributed by atoms with Crippen LogP contribution >= 0.6 is 0 Å². The number of benzene rings is 2. The Kier molecular flexibility index (Phi) is 7.22. The molecule has 6 heteroatoms. The highest BCUT2D eigenvalue weighted by molar-refractivity contribution is 5.80. The first kappa shape index (κ1) is 22.5. The van der Waals surface area contributed by atoms with Crippen molar-refractivity contribution in [2.45, 2.75) is 31.8 Å². The maximum atomic E-state index is 13.3. The van der Waals surface area contributed by atoms with Crippen LogP contribution in [-0.2, 0) is 16.0 Å². The maximum Gasteiger partial charge on any atom is 0.222 e. The Morgan fingerprint density at radius 1 is 0.969 bits per heavy atom. The van der Waals surface area contributed by atoms with Gasteiger partial charge in [0.2, 0.25) is 11.8 Å². The molecule has 6 nitrogen and oxygen atoms in total. The van der Waals surface area contributed by atoms with Gasteiger partial charge in [-0.25, -0.2) is 0 Å². The third-order valence-corrected chi connectivity index (χ3v) is 6.77. The maximum absolute atomic E-state index is 13.3. The average Bonchev–Trinajstić information content (AvgIpc) is 2.80. The fourth-order valence-corrected chi connectivity index (χ4v) is 4.89. The number of piperazine rings is 1. The van der Waals surface area contributed by atoms with Crippen LogP contribution < -0.4 is 5.32 Å². The molecule has 1 saturated heterocycles. The van der Waals surface area contributed by atoms with E-state index in [9.17, 15) is 9.59 Å². The average molecular weight is 435 g/mol. The van der Waals surface area contributed by atoms with E-state index in [-0.39, 0.29) is 30.3 Å². The highest BCUT2D eigenvalue weighted by Gasteiger charge is 2.31. The smallest absolute Gasteiger partial charge is 0.222 e. The van der Waals surface area contributed by atoms with Gasteiger partial charge in [0.15, 0.2) is 0 Å². The molecule has 2 aromatic rings. The molecule has 32 heavy (non-hydrogen) atoms. The summed E-state index contributed by atoms with van der Waals surface area (Å²) in [6.45, 7) is 7.14. The molecule has 0 aromatic heterocycles. The van der Waals surface area contributed by atoms with Gasteiger partial charge < -0.3 is 15.1 Å². The van der Waals surface area contributed by atoms with Gasteiger partial charge in [-0.3, -0.25) is 14.5 Å². The first-order chi connectivity index (χ1) is 15.5. The first-order valence-corrected chi connectivity index (χ1v) is 11.6. The Balaban J connectivity index is 1.49. The number of nitrogens with one attached hydrogen (secondary N) is 1. The van der Waals surface area contributed by atoms with Gasteiger partial charge in [0.05, 0.1) is 18.5 Å². The largest absolute Gasteiger partial charge is 0.348 e. The highest BCUT2D eigenvalue weighted by Crippen LogP contribution is 2.32. The van der Waals surface area contributed by atoms with Gasteiger partial charge in [-0.2, -0.15) is 0 Å². The lowest BCUT2D eigenvalue weighted by molar-refractivity contribution is -0.133. The number of amides is 2. The summed E-state index contributed by atoms with van der Waals surface area (Å²) in [7, 11) is 2.15. The molecule has 2 aromatic carbocycles. The minimum atomic E-state index is -0.211. The van der Waals surface area contributed by atoms with Crippen molar-refractivity contribution in [3.8, 4) is 0 Å². The van der Waals surface area contributed by atoms with Crippen LogP contribution in [-0.4, -0.2) is 72.8 Å². The number of carbonyl (C=O) groups is 2. The molecule has 0 radical (unpaired) electrons. The molecule has 4 rings (SSSR count). The Bertz CT molecular complexity index is 924. The van der Waals surface area contributed by atoms with Crippen LogP contribution in [0.5, 0.6) is 0 Å². The Labute approximate surface area is 191 Å². The summed E-state index contributed by atoms with van der Waals surface area (Å²) < 4.78 is 0. The zero-order valence-electron chi connectivity index (χ0n) is 19.2. The van der Waals surface area contributed by atoms with Crippen molar-refractivity contribution in [3.63, 3.8) is 0 Å².